The van der Waals surface area contributed by atoms with Crippen LogP contribution in [0.15, 0.2) is 243 Å². The number of benzene rings is 11. The van der Waals surface area contributed by atoms with E-state index in [0.717, 1.165) is 0 Å². The third-order valence-corrected chi connectivity index (χ3v) is 13.9. The Kier molecular flexibility index (Phi) is 7.92. The molecule has 0 bridgehead atoms. The minimum atomic E-state index is -0.450. The molecule has 0 saturated heterocycles. The smallest absolute Gasteiger partial charge is 0.0622 e. The average molecular weight is 797 g/mol. The van der Waals surface area contributed by atoms with Crippen molar-refractivity contribution in [2.45, 2.75) is 5.41 Å². The first-order chi connectivity index (χ1) is 31.3. The van der Waals surface area contributed by atoms with E-state index < -0.39 is 5.41 Å². The van der Waals surface area contributed by atoms with E-state index in [1.165, 1.54) is 122 Å². The van der Waals surface area contributed by atoms with Gasteiger partial charge in [-0.1, -0.05) is 224 Å². The fourth-order valence-electron chi connectivity index (χ4n) is 11.3. The van der Waals surface area contributed by atoms with Crippen molar-refractivity contribution in [1.29, 1.82) is 0 Å². The van der Waals surface area contributed by atoms with Crippen molar-refractivity contribution in [2.75, 3.05) is 0 Å². The third kappa shape index (κ3) is 5.22. The van der Waals surface area contributed by atoms with E-state index in [2.05, 4.69) is 243 Å². The average Bonchev–Trinajstić information content (AvgIpc) is 3.83. The Morgan fingerprint density at radius 3 is 1.14 bits per heavy atom. The molecule has 0 aliphatic heterocycles. The van der Waals surface area contributed by atoms with Gasteiger partial charge in [-0.2, -0.15) is 0 Å². The molecule has 0 saturated carbocycles. The Bertz CT molecular complexity index is 3510. The molecule has 0 amide bonds. The minimum absolute atomic E-state index is 0.450. The van der Waals surface area contributed by atoms with Crippen molar-refractivity contribution >= 4 is 21.5 Å². The van der Waals surface area contributed by atoms with Crippen LogP contribution in [0.4, 0.5) is 0 Å². The Morgan fingerprint density at radius 1 is 0.190 bits per heavy atom. The zero-order valence-electron chi connectivity index (χ0n) is 34.6. The van der Waals surface area contributed by atoms with E-state index in [-0.39, 0.29) is 0 Å². The summed E-state index contributed by atoms with van der Waals surface area (Å²) in [5.74, 6) is 0. The van der Waals surface area contributed by atoms with Gasteiger partial charge in [0.2, 0.25) is 0 Å². The zero-order valence-corrected chi connectivity index (χ0v) is 34.6. The minimum Gasteiger partial charge on any atom is -0.0622 e. The lowest BCUT2D eigenvalue weighted by Crippen LogP contribution is -2.26. The molecule has 0 unspecified atom stereocenters. The van der Waals surface area contributed by atoms with E-state index in [1.807, 2.05) is 0 Å². The summed E-state index contributed by atoms with van der Waals surface area (Å²) in [4.78, 5) is 0. The maximum Gasteiger partial charge on any atom is 0.0725 e. The topological polar surface area (TPSA) is 0 Å². The molecule has 13 rings (SSSR count). The summed E-state index contributed by atoms with van der Waals surface area (Å²) < 4.78 is 0. The predicted octanol–water partition coefficient (Wildman–Crippen LogP) is 16.7. The van der Waals surface area contributed by atoms with Crippen LogP contribution in [0.25, 0.3) is 99.4 Å². The van der Waals surface area contributed by atoms with Gasteiger partial charge in [0.15, 0.2) is 0 Å². The normalized spacial score (nSPS) is 12.9. The van der Waals surface area contributed by atoms with Gasteiger partial charge in [-0.3, -0.25) is 0 Å². The Labute approximate surface area is 368 Å². The van der Waals surface area contributed by atoms with Crippen molar-refractivity contribution < 1.29 is 0 Å². The molecular weight excluding hydrogens is 757 g/mol. The van der Waals surface area contributed by atoms with Gasteiger partial charge in [-0.15, -0.1) is 0 Å². The summed E-state index contributed by atoms with van der Waals surface area (Å²) in [6.45, 7) is 0. The molecule has 0 aromatic heterocycles. The van der Waals surface area contributed by atoms with Gasteiger partial charge in [0.1, 0.15) is 0 Å². The van der Waals surface area contributed by atoms with Crippen LogP contribution in [0.3, 0.4) is 0 Å². The number of hydrogen-bond acceptors (Lipinski definition) is 0. The number of rotatable bonds is 5. The van der Waals surface area contributed by atoms with Gasteiger partial charge in [-0.25, -0.2) is 0 Å². The van der Waals surface area contributed by atoms with Crippen LogP contribution >= 0.6 is 0 Å². The lowest BCUT2D eigenvalue weighted by Gasteiger charge is -2.31. The van der Waals surface area contributed by atoms with Gasteiger partial charge in [-0.05, 0) is 140 Å². The SMILES string of the molecule is c1ccc(-c2ccc3c(c2)C2(c4ccccc4-c4ccccc42)c2cc(-c4cccc(-c5c6ccccc6c(-c6ccccc6-c6ccccc6)c6ccccc56)c4)ccc2-3)cc1. The summed E-state index contributed by atoms with van der Waals surface area (Å²) >= 11 is 0. The first-order valence-corrected chi connectivity index (χ1v) is 22.0. The second-order valence-corrected chi connectivity index (χ2v) is 17.1. The summed E-state index contributed by atoms with van der Waals surface area (Å²) in [6, 6.07) is 90.3. The Balaban J connectivity index is 1.02. The van der Waals surface area contributed by atoms with Gasteiger partial charge in [0, 0.05) is 0 Å². The maximum absolute atomic E-state index is 2.51. The first-order valence-electron chi connectivity index (χ1n) is 22.0. The second-order valence-electron chi connectivity index (χ2n) is 17.1. The second kappa shape index (κ2) is 14.0. The Hall–Kier alpha value is -8.06. The van der Waals surface area contributed by atoms with E-state index in [0.29, 0.717) is 0 Å². The van der Waals surface area contributed by atoms with Gasteiger partial charge < -0.3 is 0 Å². The molecule has 63 heavy (non-hydrogen) atoms. The lowest BCUT2D eigenvalue weighted by atomic mass is 9.70. The van der Waals surface area contributed by atoms with Gasteiger partial charge in [0.05, 0.1) is 5.41 Å². The molecular formula is C63H40. The molecule has 11 aromatic carbocycles. The van der Waals surface area contributed by atoms with Crippen molar-refractivity contribution in [3.8, 4) is 77.9 Å². The quantitative estimate of drug-likeness (QED) is 0.152. The predicted molar refractivity (Wildman–Crippen MR) is 265 cm³/mol. The van der Waals surface area contributed by atoms with Crippen LogP contribution < -0.4 is 0 Å². The molecule has 1 spiro atoms. The van der Waals surface area contributed by atoms with Gasteiger partial charge in [0.25, 0.3) is 0 Å². The summed E-state index contributed by atoms with van der Waals surface area (Å²) in [6.07, 6.45) is 0. The van der Waals surface area contributed by atoms with Crippen molar-refractivity contribution in [2.24, 2.45) is 0 Å². The van der Waals surface area contributed by atoms with Crippen LogP contribution in [0.2, 0.25) is 0 Å². The molecule has 2 aliphatic carbocycles. The number of fused-ring (bicyclic) bond motifs is 12. The van der Waals surface area contributed by atoms with Crippen LogP contribution in [-0.2, 0) is 5.41 Å². The van der Waals surface area contributed by atoms with Crippen LogP contribution in [0.1, 0.15) is 22.3 Å². The molecule has 292 valence electrons. The highest BCUT2D eigenvalue weighted by atomic mass is 14.5. The molecule has 0 atom stereocenters. The fourth-order valence-corrected chi connectivity index (χ4v) is 11.3. The molecule has 0 heteroatoms. The first kappa shape index (κ1) is 35.7. The standard InChI is InChI=1S/C63H40/c1-3-18-41(19-4-1)44-34-36-50-51-37-35-45(40-60(51)63(59(50)39-44)57-32-15-13-25-48(57)49-26-14-16-33-58(49)63)43-22-17-23-46(38-43)61-53-28-9-11-30-55(53)62(56-31-12-10-29-54(56)61)52-27-8-7-24-47(52)42-20-5-2-6-21-42/h1-40H. The summed E-state index contributed by atoms with van der Waals surface area (Å²) in [7, 11) is 0. The van der Waals surface area contributed by atoms with Crippen molar-refractivity contribution in [1.82, 2.24) is 0 Å². The van der Waals surface area contributed by atoms with Crippen molar-refractivity contribution in [3.63, 3.8) is 0 Å². The highest BCUT2D eigenvalue weighted by Gasteiger charge is 2.51. The number of hydrogen-bond donors (Lipinski definition) is 0. The molecule has 2 aliphatic rings. The molecule has 0 nitrogen and oxygen atoms in total. The van der Waals surface area contributed by atoms with E-state index in [4.69, 9.17) is 0 Å². The Morgan fingerprint density at radius 2 is 0.571 bits per heavy atom. The van der Waals surface area contributed by atoms with Crippen molar-refractivity contribution in [3.05, 3.63) is 265 Å². The molecule has 0 radical (unpaired) electrons. The fraction of sp³-hybridized carbons (Fsp3) is 0.0159. The highest BCUT2D eigenvalue weighted by Crippen LogP contribution is 2.63. The summed E-state index contributed by atoms with van der Waals surface area (Å²) in [5.41, 5.74) is 22.6. The van der Waals surface area contributed by atoms with Gasteiger partial charge >= 0.3 is 0 Å². The molecule has 11 aromatic rings. The summed E-state index contributed by atoms with van der Waals surface area (Å²) in [5, 5.41) is 5.02. The monoisotopic (exact) mass is 796 g/mol. The third-order valence-electron chi connectivity index (χ3n) is 13.9. The van der Waals surface area contributed by atoms with Crippen LogP contribution in [-0.4, -0.2) is 0 Å². The molecule has 0 heterocycles. The van der Waals surface area contributed by atoms with E-state index in [1.54, 1.807) is 0 Å². The zero-order chi connectivity index (χ0) is 41.5. The lowest BCUT2D eigenvalue weighted by molar-refractivity contribution is 0.794. The largest absolute Gasteiger partial charge is 0.0725 e. The highest BCUT2D eigenvalue weighted by molar-refractivity contribution is 6.22. The van der Waals surface area contributed by atoms with Crippen LogP contribution in [0.5, 0.6) is 0 Å². The maximum atomic E-state index is 2.51. The van der Waals surface area contributed by atoms with Crippen LogP contribution in [0, 0.1) is 0 Å². The molecule has 0 fully saturated rings. The molecule has 0 N–H and O–H groups in total. The van der Waals surface area contributed by atoms with E-state index >= 15 is 0 Å². The van der Waals surface area contributed by atoms with E-state index in [9.17, 15) is 0 Å².